The Kier molecular flexibility index (Phi) is 3.55. The van der Waals surface area contributed by atoms with Crippen molar-refractivity contribution in [2.24, 2.45) is 5.16 Å². The molecule has 2 aromatic carbocycles. The van der Waals surface area contributed by atoms with Gasteiger partial charge in [-0.25, -0.2) is 0 Å². The van der Waals surface area contributed by atoms with E-state index in [0.717, 1.165) is 33.4 Å². The molecule has 2 aromatic heterocycles. The van der Waals surface area contributed by atoms with E-state index in [1.165, 1.54) is 6.21 Å². The number of oxime groups is 1. The molecule has 5 heteroatoms. The van der Waals surface area contributed by atoms with Gasteiger partial charge in [-0.05, 0) is 41.8 Å². The average Bonchev–Trinajstić information content (AvgIpc) is 3.23. The number of para-hydroxylation sites is 1. The predicted molar refractivity (Wildman–Crippen MR) is 97.6 cm³/mol. The van der Waals surface area contributed by atoms with Gasteiger partial charge < -0.3 is 14.9 Å². The molecule has 2 N–H and O–H groups in total. The summed E-state index contributed by atoms with van der Waals surface area (Å²) in [5.74, 6) is 0.226. The Morgan fingerprint density at radius 3 is 2.50 bits per heavy atom. The molecule has 2 heterocycles. The van der Waals surface area contributed by atoms with E-state index < -0.39 is 0 Å². The molecular weight excluding hydrogens is 320 g/mol. The van der Waals surface area contributed by atoms with Crippen molar-refractivity contribution in [3.05, 3.63) is 70.9 Å². The summed E-state index contributed by atoms with van der Waals surface area (Å²) in [5.41, 5.74) is 4.82. The number of rotatable bonds is 3. The second-order valence-electron chi connectivity index (χ2n) is 5.39. The number of phenolic OH excluding ortho intramolecular Hbond substituents is 1. The van der Waals surface area contributed by atoms with Gasteiger partial charge >= 0.3 is 0 Å². The van der Waals surface area contributed by atoms with Crippen molar-refractivity contribution in [3.63, 3.8) is 0 Å². The Bertz CT molecular complexity index is 1020. The number of phenols is 1. The SMILES string of the molecule is O/N=C/c1c(-c2ccsc2)n(-c2ccc(O)cc2)c2ccccc12. The van der Waals surface area contributed by atoms with E-state index in [2.05, 4.69) is 15.1 Å². The lowest BCUT2D eigenvalue weighted by molar-refractivity contribution is 0.322. The molecule has 0 spiro atoms. The van der Waals surface area contributed by atoms with Crippen LogP contribution in [0.2, 0.25) is 0 Å². The summed E-state index contributed by atoms with van der Waals surface area (Å²) in [7, 11) is 0. The quantitative estimate of drug-likeness (QED) is 0.319. The fraction of sp³-hybridized carbons (Fsp3) is 0. The van der Waals surface area contributed by atoms with Crippen molar-refractivity contribution < 1.29 is 10.3 Å². The molecule has 24 heavy (non-hydrogen) atoms. The lowest BCUT2D eigenvalue weighted by Crippen LogP contribution is -1.97. The van der Waals surface area contributed by atoms with Gasteiger partial charge in [0.2, 0.25) is 0 Å². The first-order valence-electron chi connectivity index (χ1n) is 7.42. The molecule has 0 saturated carbocycles. The number of benzene rings is 2. The van der Waals surface area contributed by atoms with Crippen molar-refractivity contribution in [1.29, 1.82) is 0 Å². The number of aromatic hydroxyl groups is 1. The third-order valence-corrected chi connectivity index (χ3v) is 4.69. The van der Waals surface area contributed by atoms with Crippen LogP contribution in [-0.2, 0) is 0 Å². The molecule has 0 fully saturated rings. The van der Waals surface area contributed by atoms with E-state index in [0.29, 0.717) is 0 Å². The summed E-state index contributed by atoms with van der Waals surface area (Å²) in [6.45, 7) is 0. The smallest absolute Gasteiger partial charge is 0.115 e. The lowest BCUT2D eigenvalue weighted by atomic mass is 10.1. The van der Waals surface area contributed by atoms with Gasteiger partial charge in [-0.2, -0.15) is 11.3 Å². The maximum atomic E-state index is 9.60. The van der Waals surface area contributed by atoms with Crippen LogP contribution in [0.5, 0.6) is 5.75 Å². The highest BCUT2D eigenvalue weighted by Crippen LogP contribution is 2.36. The molecule has 0 amide bonds. The Hall–Kier alpha value is -3.05. The van der Waals surface area contributed by atoms with Gasteiger partial charge in [-0.3, -0.25) is 0 Å². The predicted octanol–water partition coefficient (Wildman–Crippen LogP) is 4.87. The topological polar surface area (TPSA) is 57.8 Å². The van der Waals surface area contributed by atoms with Gasteiger partial charge in [0.25, 0.3) is 0 Å². The Labute approximate surface area is 142 Å². The average molecular weight is 334 g/mol. The standard InChI is InChI=1S/C19H14N2O2S/c22-15-7-5-14(6-8-15)21-18-4-2-1-3-16(18)17(11-20-23)19(21)13-9-10-24-12-13/h1-12,22-23H/b20-11+. The Balaban J connectivity index is 2.14. The van der Waals surface area contributed by atoms with Crippen LogP contribution in [0, 0.1) is 0 Å². The summed E-state index contributed by atoms with van der Waals surface area (Å²) < 4.78 is 2.12. The first-order valence-corrected chi connectivity index (χ1v) is 8.36. The van der Waals surface area contributed by atoms with Crippen LogP contribution in [-0.4, -0.2) is 21.1 Å². The lowest BCUT2D eigenvalue weighted by Gasteiger charge is -2.11. The molecule has 4 rings (SSSR count). The molecule has 0 aliphatic rings. The molecule has 4 aromatic rings. The van der Waals surface area contributed by atoms with E-state index in [4.69, 9.17) is 5.21 Å². The third kappa shape index (κ3) is 2.26. The van der Waals surface area contributed by atoms with Crippen LogP contribution in [0.25, 0.3) is 27.8 Å². The maximum Gasteiger partial charge on any atom is 0.115 e. The second kappa shape index (κ2) is 5.86. The third-order valence-electron chi connectivity index (χ3n) is 4.00. The highest BCUT2D eigenvalue weighted by atomic mass is 32.1. The molecule has 0 saturated heterocycles. The molecule has 0 aliphatic carbocycles. The minimum Gasteiger partial charge on any atom is -0.508 e. The summed E-state index contributed by atoms with van der Waals surface area (Å²) in [5, 5.41) is 27.1. The number of aromatic nitrogens is 1. The highest BCUT2D eigenvalue weighted by molar-refractivity contribution is 7.08. The minimum atomic E-state index is 0.226. The van der Waals surface area contributed by atoms with Crippen molar-refractivity contribution in [2.45, 2.75) is 0 Å². The summed E-state index contributed by atoms with van der Waals surface area (Å²) in [6, 6.07) is 17.1. The van der Waals surface area contributed by atoms with E-state index in [-0.39, 0.29) is 5.75 Å². The summed E-state index contributed by atoms with van der Waals surface area (Å²) >= 11 is 1.62. The maximum absolute atomic E-state index is 9.60. The molecular formula is C19H14N2O2S. The number of nitrogens with zero attached hydrogens (tertiary/aromatic N) is 2. The molecule has 0 unspecified atom stereocenters. The molecule has 118 valence electrons. The van der Waals surface area contributed by atoms with Gasteiger partial charge in [0, 0.05) is 27.6 Å². The first kappa shape index (κ1) is 14.5. The fourth-order valence-electron chi connectivity index (χ4n) is 3.01. The molecule has 0 radical (unpaired) electrons. The van der Waals surface area contributed by atoms with Crippen LogP contribution < -0.4 is 0 Å². The van der Waals surface area contributed by atoms with Crippen LogP contribution in [0.4, 0.5) is 0 Å². The van der Waals surface area contributed by atoms with Gasteiger partial charge in [-0.15, -0.1) is 0 Å². The van der Waals surface area contributed by atoms with E-state index in [9.17, 15) is 5.11 Å². The fourth-order valence-corrected chi connectivity index (χ4v) is 3.65. The minimum absolute atomic E-state index is 0.226. The van der Waals surface area contributed by atoms with Crippen LogP contribution in [0.3, 0.4) is 0 Å². The van der Waals surface area contributed by atoms with Crippen LogP contribution >= 0.6 is 11.3 Å². The van der Waals surface area contributed by atoms with Crippen molar-refractivity contribution in [1.82, 2.24) is 4.57 Å². The second-order valence-corrected chi connectivity index (χ2v) is 6.17. The largest absolute Gasteiger partial charge is 0.508 e. The van der Waals surface area contributed by atoms with Gasteiger partial charge in [0.15, 0.2) is 0 Å². The van der Waals surface area contributed by atoms with E-state index in [1.807, 2.05) is 47.8 Å². The zero-order chi connectivity index (χ0) is 16.5. The summed E-state index contributed by atoms with van der Waals surface area (Å²) in [4.78, 5) is 0. The van der Waals surface area contributed by atoms with E-state index >= 15 is 0 Å². The molecule has 0 aliphatic heterocycles. The van der Waals surface area contributed by atoms with Crippen molar-refractivity contribution in [3.8, 4) is 22.7 Å². The van der Waals surface area contributed by atoms with Gasteiger partial charge in [-0.1, -0.05) is 23.4 Å². The first-order chi connectivity index (χ1) is 11.8. The van der Waals surface area contributed by atoms with Gasteiger partial charge in [0.1, 0.15) is 5.75 Å². The molecule has 4 nitrogen and oxygen atoms in total. The number of hydrogen-bond acceptors (Lipinski definition) is 4. The summed E-state index contributed by atoms with van der Waals surface area (Å²) in [6.07, 6.45) is 1.48. The zero-order valence-corrected chi connectivity index (χ0v) is 13.4. The molecule has 0 atom stereocenters. The van der Waals surface area contributed by atoms with Crippen molar-refractivity contribution in [2.75, 3.05) is 0 Å². The number of hydrogen-bond donors (Lipinski definition) is 2. The Morgan fingerprint density at radius 1 is 1.00 bits per heavy atom. The monoisotopic (exact) mass is 334 g/mol. The number of fused-ring (bicyclic) bond motifs is 1. The number of thiophene rings is 1. The normalized spacial score (nSPS) is 11.5. The highest BCUT2D eigenvalue weighted by Gasteiger charge is 2.19. The molecule has 0 bridgehead atoms. The Morgan fingerprint density at radius 2 is 1.79 bits per heavy atom. The van der Waals surface area contributed by atoms with E-state index in [1.54, 1.807) is 23.5 Å². The van der Waals surface area contributed by atoms with Crippen LogP contribution in [0.1, 0.15) is 5.56 Å². The van der Waals surface area contributed by atoms with Crippen molar-refractivity contribution >= 4 is 28.5 Å². The van der Waals surface area contributed by atoms with Crippen LogP contribution in [0.15, 0.2) is 70.5 Å². The zero-order valence-electron chi connectivity index (χ0n) is 12.6. The van der Waals surface area contributed by atoms with Gasteiger partial charge in [0.05, 0.1) is 17.4 Å².